The molecule has 0 bridgehead atoms. The minimum atomic E-state index is -3.82. The summed E-state index contributed by atoms with van der Waals surface area (Å²) in [4.78, 5) is 25.7. The van der Waals surface area contributed by atoms with Gasteiger partial charge in [-0.2, -0.15) is 4.31 Å². The first-order valence-electron chi connectivity index (χ1n) is 6.71. The SMILES string of the molecule is CN(CC(=O)Nc1ccc([N+](=O)[O-])cc1)S(=O)(=O)c1cccnc1. The van der Waals surface area contributed by atoms with Gasteiger partial charge in [-0.25, -0.2) is 8.42 Å². The maximum absolute atomic E-state index is 12.3. The smallest absolute Gasteiger partial charge is 0.269 e. The van der Waals surface area contributed by atoms with Crippen molar-refractivity contribution in [3.05, 3.63) is 58.9 Å². The summed E-state index contributed by atoms with van der Waals surface area (Å²) < 4.78 is 25.4. The molecular weight excluding hydrogens is 336 g/mol. The molecule has 1 amide bonds. The highest BCUT2D eigenvalue weighted by Crippen LogP contribution is 2.16. The lowest BCUT2D eigenvalue weighted by molar-refractivity contribution is -0.384. The summed E-state index contributed by atoms with van der Waals surface area (Å²) >= 11 is 0. The number of pyridine rings is 1. The van der Waals surface area contributed by atoms with E-state index in [2.05, 4.69) is 10.3 Å². The number of hydrogen-bond donors (Lipinski definition) is 1. The molecule has 0 fully saturated rings. The fraction of sp³-hybridized carbons (Fsp3) is 0.143. The highest BCUT2D eigenvalue weighted by Gasteiger charge is 2.23. The summed E-state index contributed by atoms with van der Waals surface area (Å²) in [5.74, 6) is -0.571. The Labute approximate surface area is 138 Å². The molecule has 0 spiro atoms. The predicted molar refractivity (Wildman–Crippen MR) is 85.8 cm³/mol. The molecule has 1 heterocycles. The number of nitrogens with one attached hydrogen (secondary N) is 1. The number of non-ortho nitro benzene ring substituents is 1. The van der Waals surface area contributed by atoms with E-state index in [0.717, 1.165) is 4.31 Å². The number of anilines is 1. The summed E-state index contributed by atoms with van der Waals surface area (Å²) in [6, 6.07) is 8.08. The Morgan fingerprint density at radius 3 is 2.50 bits per heavy atom. The number of amides is 1. The number of rotatable bonds is 6. The Morgan fingerprint density at radius 2 is 1.96 bits per heavy atom. The van der Waals surface area contributed by atoms with Gasteiger partial charge in [-0.1, -0.05) is 0 Å². The molecule has 0 aliphatic heterocycles. The van der Waals surface area contributed by atoms with Gasteiger partial charge in [-0.05, 0) is 24.3 Å². The van der Waals surface area contributed by atoms with Crippen molar-refractivity contribution in [3.63, 3.8) is 0 Å². The van der Waals surface area contributed by atoms with Crippen LogP contribution in [0.15, 0.2) is 53.7 Å². The van der Waals surface area contributed by atoms with Gasteiger partial charge in [-0.15, -0.1) is 0 Å². The molecule has 24 heavy (non-hydrogen) atoms. The Balaban J connectivity index is 2.02. The van der Waals surface area contributed by atoms with Crippen LogP contribution in [0.4, 0.5) is 11.4 Å². The molecular formula is C14H14N4O5S. The molecule has 2 aromatic rings. The zero-order chi connectivity index (χ0) is 17.7. The number of nitrogens with zero attached hydrogens (tertiary/aromatic N) is 3. The second-order valence-electron chi connectivity index (χ2n) is 4.80. The lowest BCUT2D eigenvalue weighted by Gasteiger charge is -2.16. The van der Waals surface area contributed by atoms with Crippen LogP contribution in [0.3, 0.4) is 0 Å². The third kappa shape index (κ3) is 4.12. The first-order chi connectivity index (χ1) is 11.3. The molecule has 0 aliphatic rings. The Kier molecular flexibility index (Phi) is 5.21. The molecule has 0 atom stereocenters. The fourth-order valence-electron chi connectivity index (χ4n) is 1.83. The van der Waals surface area contributed by atoms with Crippen LogP contribution < -0.4 is 5.32 Å². The van der Waals surface area contributed by atoms with Crippen molar-refractivity contribution in [1.82, 2.24) is 9.29 Å². The molecule has 0 saturated carbocycles. The van der Waals surface area contributed by atoms with Gasteiger partial charge in [0.15, 0.2) is 0 Å². The fourth-order valence-corrected chi connectivity index (χ4v) is 2.93. The summed E-state index contributed by atoms with van der Waals surface area (Å²) in [5, 5.41) is 13.0. The van der Waals surface area contributed by atoms with Gasteiger partial charge in [0.2, 0.25) is 15.9 Å². The minimum absolute atomic E-state index is 0.0179. The van der Waals surface area contributed by atoms with Crippen LogP contribution in [-0.4, -0.2) is 42.1 Å². The largest absolute Gasteiger partial charge is 0.325 e. The zero-order valence-electron chi connectivity index (χ0n) is 12.6. The van der Waals surface area contributed by atoms with E-state index in [1.54, 1.807) is 0 Å². The molecule has 0 aliphatic carbocycles. The molecule has 1 N–H and O–H groups in total. The quantitative estimate of drug-likeness (QED) is 0.618. The summed E-state index contributed by atoms with van der Waals surface area (Å²) in [6.45, 7) is -0.409. The maximum Gasteiger partial charge on any atom is 0.269 e. The number of benzene rings is 1. The van der Waals surface area contributed by atoms with Crippen molar-refractivity contribution in [2.45, 2.75) is 4.90 Å². The number of hydrogen-bond acceptors (Lipinski definition) is 6. The van der Waals surface area contributed by atoms with Crippen molar-refractivity contribution in [1.29, 1.82) is 0 Å². The van der Waals surface area contributed by atoms with E-state index in [1.807, 2.05) is 0 Å². The van der Waals surface area contributed by atoms with Gasteiger partial charge < -0.3 is 5.32 Å². The number of aromatic nitrogens is 1. The molecule has 10 heteroatoms. The van der Waals surface area contributed by atoms with Crippen LogP contribution in [0.2, 0.25) is 0 Å². The average Bonchev–Trinajstić information content (AvgIpc) is 2.56. The predicted octanol–water partition coefficient (Wildman–Crippen LogP) is 1.25. The third-order valence-electron chi connectivity index (χ3n) is 3.07. The zero-order valence-corrected chi connectivity index (χ0v) is 13.4. The molecule has 1 aromatic carbocycles. The highest BCUT2D eigenvalue weighted by atomic mass is 32.2. The second kappa shape index (κ2) is 7.15. The topological polar surface area (TPSA) is 123 Å². The van der Waals surface area contributed by atoms with E-state index < -0.39 is 27.4 Å². The summed E-state index contributed by atoms with van der Waals surface area (Å²) in [6.07, 6.45) is 2.64. The van der Waals surface area contributed by atoms with E-state index in [-0.39, 0.29) is 10.6 Å². The van der Waals surface area contributed by atoms with Gasteiger partial charge in [0, 0.05) is 37.3 Å². The van der Waals surface area contributed by atoms with E-state index in [1.165, 1.54) is 55.8 Å². The maximum atomic E-state index is 12.3. The van der Waals surface area contributed by atoms with Crippen LogP contribution >= 0.6 is 0 Å². The van der Waals surface area contributed by atoms with Crippen LogP contribution in [0.1, 0.15) is 0 Å². The van der Waals surface area contributed by atoms with Gasteiger partial charge in [0.05, 0.1) is 11.5 Å². The highest BCUT2D eigenvalue weighted by molar-refractivity contribution is 7.89. The molecule has 126 valence electrons. The van der Waals surface area contributed by atoms with Crippen molar-refractivity contribution >= 4 is 27.3 Å². The van der Waals surface area contributed by atoms with Gasteiger partial charge in [0.25, 0.3) is 5.69 Å². The molecule has 2 rings (SSSR count). The third-order valence-corrected chi connectivity index (χ3v) is 4.86. The van der Waals surface area contributed by atoms with E-state index in [4.69, 9.17) is 0 Å². The van der Waals surface area contributed by atoms with Gasteiger partial charge >= 0.3 is 0 Å². The lowest BCUT2D eigenvalue weighted by atomic mass is 10.3. The van der Waals surface area contributed by atoms with Crippen LogP contribution in [0.5, 0.6) is 0 Å². The van der Waals surface area contributed by atoms with Crippen molar-refractivity contribution in [2.75, 3.05) is 18.9 Å². The Hall–Kier alpha value is -2.85. The standard InChI is InChI=1S/C14H14N4O5S/c1-17(24(22,23)13-3-2-8-15-9-13)10-14(19)16-11-4-6-12(7-5-11)18(20)21/h2-9H,10H2,1H3,(H,16,19). The number of nitro groups is 1. The summed E-state index contributed by atoms with van der Waals surface area (Å²) in [5.41, 5.74) is 0.224. The lowest BCUT2D eigenvalue weighted by Crippen LogP contribution is -2.35. The minimum Gasteiger partial charge on any atom is -0.325 e. The van der Waals surface area contributed by atoms with Crippen LogP contribution in [-0.2, 0) is 14.8 Å². The van der Waals surface area contributed by atoms with E-state index in [0.29, 0.717) is 5.69 Å². The number of carbonyl (C=O) groups excluding carboxylic acids is 1. The first-order valence-corrected chi connectivity index (χ1v) is 8.15. The van der Waals surface area contributed by atoms with Gasteiger partial charge in [-0.3, -0.25) is 19.9 Å². The molecule has 0 unspecified atom stereocenters. The summed E-state index contributed by atoms with van der Waals surface area (Å²) in [7, 11) is -2.55. The number of likely N-dealkylation sites (N-methyl/N-ethyl adjacent to an activating group) is 1. The Morgan fingerprint density at radius 1 is 1.29 bits per heavy atom. The normalized spacial score (nSPS) is 11.2. The monoisotopic (exact) mass is 350 g/mol. The second-order valence-corrected chi connectivity index (χ2v) is 6.85. The molecule has 1 aromatic heterocycles. The van der Waals surface area contributed by atoms with E-state index >= 15 is 0 Å². The van der Waals surface area contributed by atoms with Crippen LogP contribution in [0.25, 0.3) is 0 Å². The van der Waals surface area contributed by atoms with Crippen LogP contribution in [0, 0.1) is 10.1 Å². The average molecular weight is 350 g/mol. The van der Waals surface area contributed by atoms with Crippen molar-refractivity contribution in [2.24, 2.45) is 0 Å². The number of nitro benzene ring substituents is 1. The molecule has 0 saturated heterocycles. The van der Waals surface area contributed by atoms with Crippen molar-refractivity contribution < 1.29 is 18.1 Å². The number of sulfonamides is 1. The number of carbonyl (C=O) groups is 1. The Bertz CT molecular complexity index is 837. The van der Waals surface area contributed by atoms with Gasteiger partial charge in [0.1, 0.15) is 4.90 Å². The molecule has 0 radical (unpaired) electrons. The first kappa shape index (κ1) is 17.5. The van der Waals surface area contributed by atoms with Crippen molar-refractivity contribution in [3.8, 4) is 0 Å². The van der Waals surface area contributed by atoms with E-state index in [9.17, 15) is 23.3 Å². The molecule has 9 nitrogen and oxygen atoms in total.